The second kappa shape index (κ2) is 10.6. The van der Waals surface area contributed by atoms with E-state index in [2.05, 4.69) is 50.2 Å². The monoisotopic (exact) mass is 449 g/mol. The van der Waals surface area contributed by atoms with Crippen LogP contribution in [0.2, 0.25) is 0 Å². The first-order valence-corrected chi connectivity index (χ1v) is 12.1. The average molecular weight is 450 g/mol. The van der Waals surface area contributed by atoms with Crippen molar-refractivity contribution < 1.29 is 12.9 Å². The van der Waals surface area contributed by atoms with Crippen LogP contribution in [0, 0.1) is 0 Å². The van der Waals surface area contributed by atoms with Crippen LogP contribution < -0.4 is 10.2 Å². The molecular weight excluding hydrogens is 418 g/mol. The summed E-state index contributed by atoms with van der Waals surface area (Å²) in [5.41, 5.74) is 1.48. The summed E-state index contributed by atoms with van der Waals surface area (Å²) in [6.45, 7) is 8.62. The molecule has 2 aromatic rings. The molecule has 31 heavy (non-hydrogen) atoms. The Bertz CT molecular complexity index is 934. The topological polar surface area (TPSA) is 107 Å². The zero-order valence-electron chi connectivity index (χ0n) is 18.4. The van der Waals surface area contributed by atoms with E-state index < -0.39 is 10.0 Å². The Morgan fingerprint density at radius 1 is 1.19 bits per heavy atom. The van der Waals surface area contributed by atoms with Crippen molar-refractivity contribution in [3.63, 3.8) is 0 Å². The lowest BCUT2D eigenvalue weighted by molar-refractivity contribution is 0.259. The zero-order valence-corrected chi connectivity index (χ0v) is 19.2. The number of guanidine groups is 1. The standard InChI is InChI=1S/C20H31N7O3S/c1-4-25(5-2)19-7-6-17(14-22-19)15-23-20(21-3)26-9-11-27(12-10-26)31(28,29)16-18-8-13-30-24-18/h6-8,13-14H,4-5,9-12,15-16H2,1-3H3,(H,21,23). The van der Waals surface area contributed by atoms with Gasteiger partial charge in [-0.05, 0) is 25.5 Å². The molecule has 0 unspecified atom stereocenters. The van der Waals surface area contributed by atoms with Crippen molar-refractivity contribution in [2.45, 2.75) is 26.1 Å². The SMILES string of the molecule is CCN(CC)c1ccc(CNC(=NC)N2CCN(S(=O)(=O)Cc3ccon3)CC2)cn1. The van der Waals surface area contributed by atoms with E-state index in [1.54, 1.807) is 13.1 Å². The molecular formula is C20H31N7O3S. The Morgan fingerprint density at radius 3 is 2.48 bits per heavy atom. The van der Waals surface area contributed by atoms with Crippen LogP contribution in [0.25, 0.3) is 0 Å². The number of rotatable bonds is 8. The normalized spacial score (nSPS) is 15.8. The molecule has 3 heterocycles. The summed E-state index contributed by atoms with van der Waals surface area (Å²) in [5.74, 6) is 1.58. The van der Waals surface area contributed by atoms with Crippen LogP contribution in [0.1, 0.15) is 25.1 Å². The van der Waals surface area contributed by atoms with Crippen LogP contribution in [0.15, 0.2) is 40.2 Å². The van der Waals surface area contributed by atoms with E-state index in [9.17, 15) is 8.42 Å². The zero-order chi connectivity index (χ0) is 22.3. The maximum atomic E-state index is 12.6. The minimum atomic E-state index is -3.42. The van der Waals surface area contributed by atoms with Gasteiger partial charge >= 0.3 is 0 Å². The highest BCUT2D eigenvalue weighted by atomic mass is 32.2. The fourth-order valence-corrected chi connectivity index (χ4v) is 4.96. The summed E-state index contributed by atoms with van der Waals surface area (Å²) in [5, 5.41) is 7.06. The summed E-state index contributed by atoms with van der Waals surface area (Å²) in [7, 11) is -1.69. The number of aliphatic imine (C=N–C) groups is 1. The molecule has 1 aliphatic rings. The lowest BCUT2D eigenvalue weighted by atomic mass is 10.2. The number of pyridine rings is 1. The molecule has 1 N–H and O–H groups in total. The van der Waals surface area contributed by atoms with Crippen molar-refractivity contribution in [2.75, 3.05) is 51.2 Å². The maximum absolute atomic E-state index is 12.6. The highest BCUT2D eigenvalue weighted by Gasteiger charge is 2.28. The van der Waals surface area contributed by atoms with Gasteiger partial charge in [-0.3, -0.25) is 4.99 Å². The van der Waals surface area contributed by atoms with Crippen LogP contribution in [0.4, 0.5) is 5.82 Å². The van der Waals surface area contributed by atoms with Crippen molar-refractivity contribution in [3.05, 3.63) is 41.9 Å². The summed E-state index contributed by atoms with van der Waals surface area (Å²) in [4.78, 5) is 13.2. The molecule has 0 aromatic carbocycles. The third-order valence-corrected chi connectivity index (χ3v) is 7.12. The molecule has 1 aliphatic heterocycles. The molecule has 170 valence electrons. The van der Waals surface area contributed by atoms with Crippen molar-refractivity contribution >= 4 is 21.8 Å². The van der Waals surface area contributed by atoms with Gasteiger partial charge in [0.25, 0.3) is 0 Å². The van der Waals surface area contributed by atoms with Crippen molar-refractivity contribution in [2.24, 2.45) is 4.99 Å². The van der Waals surface area contributed by atoms with Crippen LogP contribution >= 0.6 is 0 Å². The number of anilines is 1. The minimum Gasteiger partial charge on any atom is -0.364 e. The van der Waals surface area contributed by atoms with Gasteiger partial charge in [0, 0.05) is 65.1 Å². The number of nitrogens with zero attached hydrogens (tertiary/aromatic N) is 6. The first-order chi connectivity index (χ1) is 15.0. The van der Waals surface area contributed by atoms with E-state index in [-0.39, 0.29) is 5.75 Å². The predicted molar refractivity (Wildman–Crippen MR) is 120 cm³/mol. The van der Waals surface area contributed by atoms with Crippen LogP contribution in [-0.2, 0) is 22.3 Å². The van der Waals surface area contributed by atoms with Gasteiger partial charge in [0.15, 0.2) is 5.96 Å². The fraction of sp³-hybridized carbons (Fsp3) is 0.550. The summed E-state index contributed by atoms with van der Waals surface area (Å²) < 4.78 is 31.4. The Hall–Kier alpha value is -2.66. The highest BCUT2D eigenvalue weighted by Crippen LogP contribution is 2.14. The number of hydrogen-bond acceptors (Lipinski definition) is 7. The quantitative estimate of drug-likeness (QED) is 0.472. The van der Waals surface area contributed by atoms with Gasteiger partial charge < -0.3 is 19.6 Å². The number of nitrogens with one attached hydrogen (secondary N) is 1. The Balaban J connectivity index is 1.51. The molecule has 2 aromatic heterocycles. The van der Waals surface area contributed by atoms with Crippen molar-refractivity contribution in [1.82, 2.24) is 24.7 Å². The van der Waals surface area contributed by atoms with Gasteiger partial charge in [-0.1, -0.05) is 11.2 Å². The Morgan fingerprint density at radius 2 is 1.94 bits per heavy atom. The van der Waals surface area contributed by atoms with Gasteiger partial charge in [-0.25, -0.2) is 13.4 Å². The van der Waals surface area contributed by atoms with Crippen molar-refractivity contribution in [1.29, 1.82) is 0 Å². The first-order valence-electron chi connectivity index (χ1n) is 10.5. The number of piperazine rings is 1. The summed E-state index contributed by atoms with van der Waals surface area (Å²) >= 11 is 0. The minimum absolute atomic E-state index is 0.146. The largest absolute Gasteiger partial charge is 0.364 e. The second-order valence-electron chi connectivity index (χ2n) is 7.23. The third-order valence-electron chi connectivity index (χ3n) is 5.31. The molecule has 0 spiro atoms. The van der Waals surface area contributed by atoms with E-state index in [4.69, 9.17) is 4.52 Å². The van der Waals surface area contributed by atoms with E-state index in [1.165, 1.54) is 10.6 Å². The first kappa shape index (κ1) is 23.0. The van der Waals surface area contributed by atoms with Gasteiger partial charge in [0.05, 0.1) is 5.69 Å². The van der Waals surface area contributed by atoms with Crippen LogP contribution in [0.5, 0.6) is 0 Å². The molecule has 1 fully saturated rings. The molecule has 0 radical (unpaired) electrons. The smallest absolute Gasteiger partial charge is 0.220 e. The van der Waals surface area contributed by atoms with Crippen molar-refractivity contribution in [3.8, 4) is 0 Å². The molecule has 0 bridgehead atoms. The molecule has 3 rings (SSSR count). The summed E-state index contributed by atoms with van der Waals surface area (Å²) in [6, 6.07) is 5.67. The predicted octanol–water partition coefficient (Wildman–Crippen LogP) is 1.14. The van der Waals surface area contributed by atoms with E-state index in [0.29, 0.717) is 38.4 Å². The van der Waals surface area contributed by atoms with E-state index in [0.717, 1.165) is 30.4 Å². The molecule has 10 nitrogen and oxygen atoms in total. The molecule has 0 aliphatic carbocycles. The molecule has 1 saturated heterocycles. The summed E-state index contributed by atoms with van der Waals surface area (Å²) in [6.07, 6.45) is 3.26. The number of aromatic nitrogens is 2. The van der Waals surface area contributed by atoms with E-state index in [1.807, 2.05) is 12.3 Å². The Labute approximate surface area is 184 Å². The molecule has 0 amide bonds. The fourth-order valence-electron chi connectivity index (χ4n) is 3.54. The number of hydrogen-bond donors (Lipinski definition) is 1. The van der Waals surface area contributed by atoms with Gasteiger partial charge in [0.1, 0.15) is 17.8 Å². The highest BCUT2D eigenvalue weighted by molar-refractivity contribution is 7.88. The maximum Gasteiger partial charge on any atom is 0.220 e. The van der Waals surface area contributed by atoms with Gasteiger partial charge in [0.2, 0.25) is 10.0 Å². The lowest BCUT2D eigenvalue weighted by Gasteiger charge is -2.35. The van der Waals surface area contributed by atoms with Gasteiger partial charge in [-0.2, -0.15) is 4.31 Å². The van der Waals surface area contributed by atoms with E-state index >= 15 is 0 Å². The second-order valence-corrected chi connectivity index (χ2v) is 9.20. The van der Waals surface area contributed by atoms with Gasteiger partial charge in [-0.15, -0.1) is 0 Å². The molecule has 0 atom stereocenters. The van der Waals surface area contributed by atoms with Crippen LogP contribution in [0.3, 0.4) is 0 Å². The average Bonchev–Trinajstić information content (AvgIpc) is 3.29. The lowest BCUT2D eigenvalue weighted by Crippen LogP contribution is -2.53. The third kappa shape index (κ3) is 5.95. The van der Waals surface area contributed by atoms with Crippen LogP contribution in [-0.4, -0.2) is 80.0 Å². The molecule has 11 heteroatoms. The number of sulfonamides is 1. The molecule has 0 saturated carbocycles. The Kier molecular flexibility index (Phi) is 7.85.